The van der Waals surface area contributed by atoms with Gasteiger partial charge in [0.2, 0.25) is 0 Å². The van der Waals surface area contributed by atoms with Crippen LogP contribution in [0, 0.1) is 0 Å². The van der Waals surface area contributed by atoms with Crippen LogP contribution in [0.4, 0.5) is 0 Å². The van der Waals surface area contributed by atoms with Crippen molar-refractivity contribution in [1.82, 2.24) is 0 Å². The van der Waals surface area contributed by atoms with Crippen molar-refractivity contribution < 1.29 is 19.7 Å². The van der Waals surface area contributed by atoms with Gasteiger partial charge in [-0.2, -0.15) is 0 Å². The van der Waals surface area contributed by atoms with E-state index in [4.69, 9.17) is 9.84 Å². The van der Waals surface area contributed by atoms with Crippen LogP contribution in [0.15, 0.2) is 46.9 Å². The number of aromatic carboxylic acids is 1. The summed E-state index contributed by atoms with van der Waals surface area (Å²) in [5, 5.41) is 18.4. The Morgan fingerprint density at radius 2 is 2.00 bits per heavy atom. The van der Waals surface area contributed by atoms with E-state index in [1.165, 1.54) is 6.07 Å². The van der Waals surface area contributed by atoms with Gasteiger partial charge in [0, 0.05) is 4.47 Å². The Labute approximate surface area is 118 Å². The Hall–Kier alpha value is -2.01. The average Bonchev–Trinajstić information content (AvgIpc) is 2.37. The number of phenolic OH excluding ortho intramolecular Hbond substituents is 1. The Kier molecular flexibility index (Phi) is 4.06. The number of aromatic hydroxyl groups is 1. The fourth-order valence-corrected chi connectivity index (χ4v) is 1.96. The van der Waals surface area contributed by atoms with Crippen molar-refractivity contribution in [2.45, 2.75) is 6.61 Å². The number of rotatable bonds is 4. The Morgan fingerprint density at radius 1 is 1.21 bits per heavy atom. The van der Waals surface area contributed by atoms with Crippen molar-refractivity contribution in [3.05, 3.63) is 58.1 Å². The molecule has 0 aliphatic carbocycles. The molecule has 5 heteroatoms. The van der Waals surface area contributed by atoms with Crippen LogP contribution in [0.3, 0.4) is 0 Å². The van der Waals surface area contributed by atoms with Gasteiger partial charge in [0.05, 0.1) is 0 Å². The average molecular weight is 323 g/mol. The van der Waals surface area contributed by atoms with Crippen molar-refractivity contribution in [2.24, 2.45) is 0 Å². The smallest absolute Gasteiger partial charge is 0.339 e. The highest BCUT2D eigenvalue weighted by Gasteiger charge is 2.12. The maximum absolute atomic E-state index is 11.1. The quantitative estimate of drug-likeness (QED) is 0.905. The summed E-state index contributed by atoms with van der Waals surface area (Å²) in [4.78, 5) is 11.1. The normalized spacial score (nSPS) is 10.2. The number of benzene rings is 2. The molecule has 0 saturated carbocycles. The van der Waals surface area contributed by atoms with Crippen LogP contribution >= 0.6 is 15.9 Å². The van der Waals surface area contributed by atoms with Gasteiger partial charge in [0.15, 0.2) is 0 Å². The van der Waals surface area contributed by atoms with E-state index >= 15 is 0 Å². The van der Waals surface area contributed by atoms with Gasteiger partial charge in [0.1, 0.15) is 23.7 Å². The zero-order valence-corrected chi connectivity index (χ0v) is 11.4. The first-order valence-electron chi connectivity index (χ1n) is 5.50. The van der Waals surface area contributed by atoms with E-state index in [1.807, 2.05) is 0 Å². The van der Waals surface area contributed by atoms with Gasteiger partial charge in [-0.25, -0.2) is 4.79 Å². The molecule has 0 spiro atoms. The molecule has 2 N–H and O–H groups in total. The lowest BCUT2D eigenvalue weighted by Crippen LogP contribution is -2.03. The molecule has 0 amide bonds. The first kappa shape index (κ1) is 13.4. The first-order valence-corrected chi connectivity index (χ1v) is 6.29. The van der Waals surface area contributed by atoms with Crippen molar-refractivity contribution in [3.8, 4) is 11.5 Å². The predicted molar refractivity (Wildman–Crippen MR) is 73.5 cm³/mol. The highest BCUT2D eigenvalue weighted by molar-refractivity contribution is 9.10. The molecule has 2 rings (SSSR count). The van der Waals surface area contributed by atoms with E-state index in [9.17, 15) is 9.90 Å². The topological polar surface area (TPSA) is 66.8 Å². The zero-order valence-electron chi connectivity index (χ0n) is 9.84. The molecule has 0 bridgehead atoms. The number of carbonyl (C=O) groups is 1. The molecule has 0 heterocycles. The van der Waals surface area contributed by atoms with Gasteiger partial charge >= 0.3 is 5.97 Å². The summed E-state index contributed by atoms with van der Waals surface area (Å²) in [5.41, 5.74) is 0.855. The fourth-order valence-electron chi connectivity index (χ4n) is 1.60. The number of ether oxygens (including phenoxy) is 1. The van der Waals surface area contributed by atoms with Gasteiger partial charge < -0.3 is 14.9 Å². The Balaban J connectivity index is 2.17. The highest BCUT2D eigenvalue weighted by atomic mass is 79.9. The number of hydrogen-bond donors (Lipinski definition) is 2. The van der Waals surface area contributed by atoms with Gasteiger partial charge in [-0.3, -0.25) is 0 Å². The maximum Gasteiger partial charge on any atom is 0.339 e. The molecule has 98 valence electrons. The number of carboxylic acids is 1. The third-order valence-corrected chi connectivity index (χ3v) is 2.97. The molecule has 0 atom stereocenters. The lowest BCUT2D eigenvalue weighted by atomic mass is 10.2. The molecule has 0 radical (unpaired) electrons. The molecule has 2 aromatic carbocycles. The summed E-state index contributed by atoms with van der Waals surface area (Å²) in [6, 6.07) is 11.4. The van der Waals surface area contributed by atoms with Gasteiger partial charge in [-0.15, -0.1) is 0 Å². The monoisotopic (exact) mass is 322 g/mol. The summed E-state index contributed by atoms with van der Waals surface area (Å²) in [6.45, 7) is 0.191. The molecule has 19 heavy (non-hydrogen) atoms. The largest absolute Gasteiger partial charge is 0.508 e. The molecule has 0 saturated heterocycles. The molecule has 4 nitrogen and oxygen atoms in total. The minimum atomic E-state index is -1.05. The van der Waals surface area contributed by atoms with Gasteiger partial charge in [-0.05, 0) is 35.9 Å². The third kappa shape index (κ3) is 3.48. The highest BCUT2D eigenvalue weighted by Crippen LogP contribution is 2.24. The standard InChI is InChI=1S/C14H11BrO4/c15-10-4-5-13(12(7-10)14(17)18)19-8-9-2-1-3-11(16)6-9/h1-7,16H,8H2,(H,17,18). The maximum atomic E-state index is 11.1. The first-order chi connectivity index (χ1) is 9.06. The summed E-state index contributed by atoms with van der Waals surface area (Å²) >= 11 is 3.22. The Morgan fingerprint density at radius 3 is 2.68 bits per heavy atom. The van der Waals surface area contributed by atoms with Crippen LogP contribution in [0.25, 0.3) is 0 Å². The second kappa shape index (κ2) is 5.75. The van der Waals surface area contributed by atoms with Crippen LogP contribution in [-0.4, -0.2) is 16.2 Å². The third-order valence-electron chi connectivity index (χ3n) is 2.48. The number of halogens is 1. The van der Waals surface area contributed by atoms with Crippen LogP contribution in [0.2, 0.25) is 0 Å². The minimum absolute atomic E-state index is 0.0922. The molecule has 2 aromatic rings. The fraction of sp³-hybridized carbons (Fsp3) is 0.0714. The number of hydrogen-bond acceptors (Lipinski definition) is 3. The van der Waals surface area contributed by atoms with Crippen LogP contribution < -0.4 is 4.74 Å². The minimum Gasteiger partial charge on any atom is -0.508 e. The molecule has 0 aliphatic heterocycles. The van der Waals surface area contributed by atoms with Crippen LogP contribution in [-0.2, 0) is 6.61 Å². The van der Waals surface area contributed by atoms with E-state index in [-0.39, 0.29) is 17.9 Å². The molecular weight excluding hydrogens is 312 g/mol. The lowest BCUT2D eigenvalue weighted by Gasteiger charge is -2.09. The van der Waals surface area contributed by atoms with Crippen molar-refractivity contribution in [3.63, 3.8) is 0 Å². The molecule has 0 fully saturated rings. The molecular formula is C14H11BrO4. The van der Waals surface area contributed by atoms with Crippen LogP contribution in [0.5, 0.6) is 11.5 Å². The van der Waals surface area contributed by atoms with E-state index in [1.54, 1.807) is 36.4 Å². The van der Waals surface area contributed by atoms with Gasteiger partial charge in [0.25, 0.3) is 0 Å². The summed E-state index contributed by atoms with van der Waals surface area (Å²) in [7, 11) is 0. The van der Waals surface area contributed by atoms with E-state index in [0.29, 0.717) is 10.2 Å². The summed E-state index contributed by atoms with van der Waals surface area (Å²) < 4.78 is 6.16. The lowest BCUT2D eigenvalue weighted by molar-refractivity contribution is 0.0691. The molecule has 0 aromatic heterocycles. The van der Waals surface area contributed by atoms with Crippen molar-refractivity contribution in [2.75, 3.05) is 0 Å². The van der Waals surface area contributed by atoms with E-state index < -0.39 is 5.97 Å². The van der Waals surface area contributed by atoms with Crippen LogP contribution in [0.1, 0.15) is 15.9 Å². The second-order valence-corrected chi connectivity index (χ2v) is 4.82. The van der Waals surface area contributed by atoms with E-state index in [2.05, 4.69) is 15.9 Å². The summed E-state index contributed by atoms with van der Waals surface area (Å²) in [5.74, 6) is -0.610. The van der Waals surface area contributed by atoms with Crippen molar-refractivity contribution >= 4 is 21.9 Å². The molecule has 0 aliphatic rings. The number of carboxylic acid groups (broad SMARTS) is 1. The van der Waals surface area contributed by atoms with E-state index in [0.717, 1.165) is 5.56 Å². The second-order valence-electron chi connectivity index (χ2n) is 3.90. The number of phenols is 1. The molecule has 0 unspecified atom stereocenters. The van der Waals surface area contributed by atoms with Gasteiger partial charge in [-0.1, -0.05) is 28.1 Å². The predicted octanol–water partition coefficient (Wildman–Crippen LogP) is 3.43. The van der Waals surface area contributed by atoms with Crippen molar-refractivity contribution in [1.29, 1.82) is 0 Å². The zero-order chi connectivity index (χ0) is 13.8. The summed E-state index contributed by atoms with van der Waals surface area (Å²) in [6.07, 6.45) is 0. The SMILES string of the molecule is O=C(O)c1cc(Br)ccc1OCc1cccc(O)c1. The Bertz CT molecular complexity index is 610.